The molecule has 1 amide bonds. The van der Waals surface area contributed by atoms with Crippen LogP contribution in [0.3, 0.4) is 0 Å². The Balaban J connectivity index is 1.46. The Morgan fingerprint density at radius 3 is 1.35 bits per heavy atom. The van der Waals surface area contributed by atoms with E-state index in [1.807, 2.05) is 12.1 Å². The van der Waals surface area contributed by atoms with Gasteiger partial charge < -0.3 is 19.5 Å². The minimum atomic E-state index is -1.01. The summed E-state index contributed by atoms with van der Waals surface area (Å²) < 4.78 is 19.4. The molecule has 0 fully saturated rings. The molecule has 0 radical (unpaired) electrons. The number of rotatable bonds is 10. The van der Waals surface area contributed by atoms with Crippen LogP contribution >= 0.6 is 15.8 Å². The van der Waals surface area contributed by atoms with Gasteiger partial charge in [-0.1, -0.05) is 159 Å². The summed E-state index contributed by atoms with van der Waals surface area (Å²) in [7, 11) is -2.02. The van der Waals surface area contributed by atoms with E-state index in [0.717, 1.165) is 35.5 Å². The number of ether oxygens (including phenoxy) is 3. The average molecular weight is 710 g/mol. The molecule has 1 N–H and O–H groups in total. The standard InChI is InChI=1S/C44H41NO4P2/c1-2-3-30-45-44(46)49-33-31-47-38-26-16-28-40(50(34-18-8-4-9-19-34)35-20-10-5-11-21-35)42(38)43-39(48-32-33)27-17-29-41(43)51(36-22-12-6-13-23-36)37-24-14-7-15-25-37/h4-29,33H,2-3,30-32H2,1H3,(H,45,46). The smallest absolute Gasteiger partial charge is 0.407 e. The third-order valence-corrected chi connectivity index (χ3v) is 13.7. The molecular formula is C44H41NO4P2. The zero-order valence-electron chi connectivity index (χ0n) is 28.7. The Kier molecular flexibility index (Phi) is 11.4. The Hall–Kier alpha value is -4.95. The van der Waals surface area contributed by atoms with Gasteiger partial charge in [0.1, 0.15) is 24.7 Å². The van der Waals surface area contributed by atoms with Gasteiger partial charge in [0.15, 0.2) is 6.10 Å². The summed E-state index contributed by atoms with van der Waals surface area (Å²) in [5.41, 5.74) is 2.02. The number of carbonyl (C=O) groups is 1. The van der Waals surface area contributed by atoms with Crippen molar-refractivity contribution in [3.63, 3.8) is 0 Å². The summed E-state index contributed by atoms with van der Waals surface area (Å²) in [6.07, 6.45) is 0.789. The first-order chi connectivity index (χ1) is 25.2. The predicted molar refractivity (Wildman–Crippen MR) is 213 cm³/mol. The molecule has 0 saturated heterocycles. The van der Waals surface area contributed by atoms with Crippen molar-refractivity contribution in [1.82, 2.24) is 5.32 Å². The van der Waals surface area contributed by atoms with Crippen LogP contribution in [0.4, 0.5) is 4.79 Å². The van der Waals surface area contributed by atoms with Gasteiger partial charge in [-0.3, -0.25) is 0 Å². The second-order valence-electron chi connectivity index (χ2n) is 12.2. The van der Waals surface area contributed by atoms with Crippen LogP contribution < -0.4 is 46.6 Å². The zero-order valence-corrected chi connectivity index (χ0v) is 30.4. The number of fused-ring (bicyclic) bond motifs is 3. The molecule has 0 unspecified atom stereocenters. The minimum absolute atomic E-state index is 0.154. The van der Waals surface area contributed by atoms with E-state index < -0.39 is 28.0 Å². The fourth-order valence-corrected chi connectivity index (χ4v) is 11.3. The molecule has 0 saturated carbocycles. The number of amides is 1. The molecule has 0 aliphatic carbocycles. The Morgan fingerprint density at radius 1 is 0.588 bits per heavy atom. The summed E-state index contributed by atoms with van der Waals surface area (Å²) >= 11 is 0. The molecule has 51 heavy (non-hydrogen) atoms. The molecular weight excluding hydrogens is 668 g/mol. The van der Waals surface area contributed by atoms with Crippen LogP contribution in [-0.4, -0.2) is 32.0 Å². The molecule has 256 valence electrons. The average Bonchev–Trinajstić information content (AvgIpc) is 3.25. The maximum Gasteiger partial charge on any atom is 0.407 e. The number of alkyl carbamates (subject to hydrolysis) is 1. The van der Waals surface area contributed by atoms with Crippen LogP contribution in [0.5, 0.6) is 11.5 Å². The first-order valence-corrected chi connectivity index (χ1v) is 20.2. The van der Waals surface area contributed by atoms with Crippen molar-refractivity contribution < 1.29 is 19.0 Å². The van der Waals surface area contributed by atoms with Gasteiger partial charge in [0.25, 0.3) is 0 Å². The van der Waals surface area contributed by atoms with Gasteiger partial charge in [0, 0.05) is 17.7 Å². The molecule has 6 aromatic rings. The van der Waals surface area contributed by atoms with Gasteiger partial charge in [-0.25, -0.2) is 4.79 Å². The van der Waals surface area contributed by atoms with Crippen molar-refractivity contribution in [2.45, 2.75) is 25.9 Å². The van der Waals surface area contributed by atoms with E-state index in [-0.39, 0.29) is 13.2 Å². The molecule has 7 rings (SSSR count). The number of carbonyl (C=O) groups excluding carboxylic acids is 1. The lowest BCUT2D eigenvalue weighted by Crippen LogP contribution is -2.36. The van der Waals surface area contributed by atoms with Crippen LogP contribution in [0.2, 0.25) is 0 Å². The van der Waals surface area contributed by atoms with Crippen LogP contribution in [0.25, 0.3) is 11.1 Å². The lowest BCUT2D eigenvalue weighted by atomic mass is 10.0. The maximum absolute atomic E-state index is 12.8. The Labute approximate surface area is 303 Å². The van der Waals surface area contributed by atoms with E-state index in [4.69, 9.17) is 14.2 Å². The van der Waals surface area contributed by atoms with Gasteiger partial charge in [-0.05, 0) is 66.2 Å². The number of benzene rings is 6. The van der Waals surface area contributed by atoms with Crippen molar-refractivity contribution in [2.24, 2.45) is 0 Å². The zero-order chi connectivity index (χ0) is 34.8. The number of nitrogens with one attached hydrogen (secondary N) is 1. The van der Waals surface area contributed by atoms with E-state index >= 15 is 0 Å². The van der Waals surface area contributed by atoms with Gasteiger partial charge in [-0.15, -0.1) is 0 Å². The molecule has 1 aliphatic heterocycles. The summed E-state index contributed by atoms with van der Waals surface area (Å²) in [4.78, 5) is 12.8. The summed E-state index contributed by atoms with van der Waals surface area (Å²) in [6, 6.07) is 55.7. The topological polar surface area (TPSA) is 56.8 Å². The van der Waals surface area contributed by atoms with Crippen molar-refractivity contribution in [3.05, 3.63) is 158 Å². The van der Waals surface area contributed by atoms with E-state index in [1.54, 1.807) is 0 Å². The van der Waals surface area contributed by atoms with Gasteiger partial charge >= 0.3 is 6.09 Å². The Bertz CT molecular complexity index is 1810. The van der Waals surface area contributed by atoms with Crippen LogP contribution in [0.1, 0.15) is 19.8 Å². The molecule has 0 atom stereocenters. The third kappa shape index (κ3) is 8.02. The van der Waals surface area contributed by atoms with Crippen LogP contribution in [0.15, 0.2) is 158 Å². The molecule has 7 heteroatoms. The van der Waals surface area contributed by atoms with Crippen molar-refractivity contribution in [3.8, 4) is 22.6 Å². The first kappa shape index (κ1) is 34.5. The number of hydrogen-bond acceptors (Lipinski definition) is 4. The molecule has 6 aromatic carbocycles. The highest BCUT2D eigenvalue weighted by Gasteiger charge is 2.31. The molecule has 0 spiro atoms. The van der Waals surface area contributed by atoms with Crippen LogP contribution in [0, 0.1) is 0 Å². The normalized spacial score (nSPS) is 12.8. The SMILES string of the molecule is CCCCNC(=O)OC1COc2cccc(P(c3ccccc3)c3ccccc3)c2-c2c(cccc2P(c2ccccc2)c2ccccc2)OC1. The van der Waals surface area contributed by atoms with Crippen molar-refractivity contribution in [1.29, 1.82) is 0 Å². The molecule has 1 aliphatic rings. The lowest BCUT2D eigenvalue weighted by Gasteiger charge is -2.28. The molecule has 5 nitrogen and oxygen atoms in total. The quantitative estimate of drug-likeness (QED) is 0.118. The largest absolute Gasteiger partial charge is 0.489 e. The van der Waals surface area contributed by atoms with Gasteiger partial charge in [-0.2, -0.15) is 0 Å². The van der Waals surface area contributed by atoms with Crippen molar-refractivity contribution >= 4 is 53.8 Å². The fourth-order valence-electron chi connectivity index (χ4n) is 6.36. The highest BCUT2D eigenvalue weighted by molar-refractivity contribution is 7.80. The predicted octanol–water partition coefficient (Wildman–Crippen LogP) is 7.54. The number of hydrogen-bond donors (Lipinski definition) is 1. The van der Waals surface area contributed by atoms with Gasteiger partial charge in [0.2, 0.25) is 0 Å². The van der Waals surface area contributed by atoms with Crippen LogP contribution in [-0.2, 0) is 4.74 Å². The van der Waals surface area contributed by atoms with Crippen molar-refractivity contribution in [2.75, 3.05) is 19.8 Å². The highest BCUT2D eigenvalue weighted by Crippen LogP contribution is 2.47. The summed E-state index contributed by atoms with van der Waals surface area (Å²) in [5, 5.41) is 10.2. The highest BCUT2D eigenvalue weighted by atomic mass is 31.1. The van der Waals surface area contributed by atoms with E-state index in [0.29, 0.717) is 6.54 Å². The first-order valence-electron chi connectivity index (χ1n) is 17.5. The molecule has 0 bridgehead atoms. The van der Waals surface area contributed by atoms with E-state index in [2.05, 4.69) is 158 Å². The summed E-state index contributed by atoms with van der Waals surface area (Å²) in [6.45, 7) is 2.96. The second-order valence-corrected chi connectivity index (χ2v) is 16.6. The number of unbranched alkanes of at least 4 members (excludes halogenated alkanes) is 1. The lowest BCUT2D eigenvalue weighted by molar-refractivity contribution is 0.0367. The van der Waals surface area contributed by atoms with E-state index in [1.165, 1.54) is 31.8 Å². The second kappa shape index (κ2) is 16.8. The fraction of sp³-hybridized carbons (Fsp3) is 0.159. The maximum atomic E-state index is 12.8. The Morgan fingerprint density at radius 2 is 0.980 bits per heavy atom. The minimum Gasteiger partial charge on any atom is -0.489 e. The molecule has 1 heterocycles. The van der Waals surface area contributed by atoms with Gasteiger partial charge in [0.05, 0.1) is 0 Å². The third-order valence-electron chi connectivity index (χ3n) is 8.72. The molecule has 0 aromatic heterocycles. The monoisotopic (exact) mass is 709 g/mol. The van der Waals surface area contributed by atoms with E-state index in [9.17, 15) is 4.79 Å². The summed E-state index contributed by atoms with van der Waals surface area (Å²) in [5.74, 6) is 1.48.